The summed E-state index contributed by atoms with van der Waals surface area (Å²) in [5.41, 5.74) is 0.271. The van der Waals surface area contributed by atoms with Gasteiger partial charge in [0.15, 0.2) is 6.10 Å². The molecule has 0 fully saturated rings. The van der Waals surface area contributed by atoms with Crippen LogP contribution >= 0.6 is 0 Å². The summed E-state index contributed by atoms with van der Waals surface area (Å²) < 4.78 is 5.79. The van der Waals surface area contributed by atoms with Gasteiger partial charge in [-0.15, -0.1) is 0 Å². The molecule has 0 bridgehead atoms. The van der Waals surface area contributed by atoms with Crippen LogP contribution in [0.2, 0.25) is 0 Å². The van der Waals surface area contributed by atoms with Crippen LogP contribution in [0, 0.1) is 10.1 Å². The fourth-order valence-corrected chi connectivity index (χ4v) is 2.48. The number of fused-ring (bicyclic) bond motifs is 1. The predicted octanol–water partition coefficient (Wildman–Crippen LogP) is 4.15. The van der Waals surface area contributed by atoms with Crippen LogP contribution in [0.25, 0.3) is 10.8 Å². The number of carbonyl (C=O) groups is 1. The van der Waals surface area contributed by atoms with Crippen molar-refractivity contribution in [1.82, 2.24) is 0 Å². The lowest BCUT2D eigenvalue weighted by molar-refractivity contribution is -0.384. The van der Waals surface area contributed by atoms with Crippen LogP contribution in [0.3, 0.4) is 0 Å². The van der Waals surface area contributed by atoms with E-state index >= 15 is 0 Å². The largest absolute Gasteiger partial charge is 0.480 e. The van der Waals surface area contributed by atoms with E-state index in [9.17, 15) is 14.9 Å². The van der Waals surface area contributed by atoms with E-state index in [1.165, 1.54) is 18.2 Å². The average Bonchev–Trinajstić information content (AvgIpc) is 2.62. The summed E-state index contributed by atoms with van der Waals surface area (Å²) in [6, 6.07) is 19.2. The maximum atomic E-state index is 12.3. The Morgan fingerprint density at radius 3 is 2.60 bits per heavy atom. The van der Waals surface area contributed by atoms with Crippen molar-refractivity contribution in [3.05, 3.63) is 76.8 Å². The summed E-state index contributed by atoms with van der Waals surface area (Å²) >= 11 is 0. The first-order chi connectivity index (χ1) is 12.0. The van der Waals surface area contributed by atoms with Gasteiger partial charge in [0.1, 0.15) is 5.75 Å². The van der Waals surface area contributed by atoms with Crippen molar-refractivity contribution in [2.24, 2.45) is 0 Å². The van der Waals surface area contributed by atoms with Crippen molar-refractivity contribution in [2.75, 3.05) is 5.32 Å². The lowest BCUT2D eigenvalue weighted by Gasteiger charge is -2.16. The van der Waals surface area contributed by atoms with Crippen LogP contribution < -0.4 is 10.1 Å². The second kappa shape index (κ2) is 7.00. The third kappa shape index (κ3) is 3.74. The minimum atomic E-state index is -0.759. The fourth-order valence-electron chi connectivity index (χ4n) is 2.48. The molecular formula is C19H16N2O4. The number of carbonyl (C=O) groups excluding carboxylic acids is 1. The summed E-state index contributed by atoms with van der Waals surface area (Å²) in [5.74, 6) is 0.230. The first-order valence-corrected chi connectivity index (χ1v) is 7.74. The van der Waals surface area contributed by atoms with E-state index in [4.69, 9.17) is 4.74 Å². The molecule has 6 heteroatoms. The molecule has 0 aliphatic carbocycles. The topological polar surface area (TPSA) is 81.5 Å². The molecule has 6 nitrogen and oxygen atoms in total. The summed E-state index contributed by atoms with van der Waals surface area (Å²) in [4.78, 5) is 22.6. The van der Waals surface area contributed by atoms with Gasteiger partial charge < -0.3 is 10.1 Å². The van der Waals surface area contributed by atoms with E-state index in [1.54, 1.807) is 19.1 Å². The van der Waals surface area contributed by atoms with Crippen molar-refractivity contribution in [3.8, 4) is 5.75 Å². The van der Waals surface area contributed by atoms with Crippen molar-refractivity contribution < 1.29 is 14.5 Å². The summed E-state index contributed by atoms with van der Waals surface area (Å²) in [6.07, 6.45) is -0.759. The van der Waals surface area contributed by atoms with Gasteiger partial charge in [-0.2, -0.15) is 0 Å². The van der Waals surface area contributed by atoms with E-state index in [1.807, 2.05) is 36.4 Å². The third-order valence-electron chi connectivity index (χ3n) is 3.75. The van der Waals surface area contributed by atoms with E-state index < -0.39 is 11.0 Å². The number of nitrogens with one attached hydrogen (secondary N) is 1. The van der Waals surface area contributed by atoms with Crippen molar-refractivity contribution in [2.45, 2.75) is 13.0 Å². The molecule has 1 atom stereocenters. The van der Waals surface area contributed by atoms with E-state index in [2.05, 4.69) is 5.32 Å². The maximum Gasteiger partial charge on any atom is 0.271 e. The molecule has 0 saturated carbocycles. The molecule has 0 aromatic heterocycles. The van der Waals surface area contributed by atoms with Crippen LogP contribution in [-0.4, -0.2) is 16.9 Å². The SMILES string of the molecule is CC(Oc1cccc2ccccc12)C(=O)Nc1cccc([N+](=O)[O-])c1. The van der Waals surface area contributed by atoms with Gasteiger partial charge in [0.25, 0.3) is 11.6 Å². The van der Waals surface area contributed by atoms with Crippen LogP contribution in [0.5, 0.6) is 5.75 Å². The Kier molecular flexibility index (Phi) is 4.61. The minimum absolute atomic E-state index is 0.0829. The Labute approximate surface area is 144 Å². The standard InChI is InChI=1S/C19H16N2O4/c1-13(19(22)20-15-8-5-9-16(12-15)21(23)24)25-18-11-4-7-14-6-2-3-10-17(14)18/h2-13H,1H3,(H,20,22). The highest BCUT2D eigenvalue weighted by molar-refractivity contribution is 5.95. The van der Waals surface area contributed by atoms with Gasteiger partial charge in [-0.1, -0.05) is 42.5 Å². The molecule has 0 radical (unpaired) electrons. The second-order valence-corrected chi connectivity index (χ2v) is 5.53. The lowest BCUT2D eigenvalue weighted by Crippen LogP contribution is -2.30. The van der Waals surface area contributed by atoms with Gasteiger partial charge in [0.05, 0.1) is 4.92 Å². The predicted molar refractivity (Wildman–Crippen MR) is 95.8 cm³/mol. The number of amides is 1. The molecule has 0 aliphatic rings. The normalized spacial score (nSPS) is 11.7. The summed E-state index contributed by atoms with van der Waals surface area (Å²) in [7, 11) is 0. The summed E-state index contributed by atoms with van der Waals surface area (Å²) in [5, 5.41) is 15.4. The van der Waals surface area contributed by atoms with Gasteiger partial charge in [0.2, 0.25) is 0 Å². The number of non-ortho nitro benzene ring substituents is 1. The van der Waals surface area contributed by atoms with Crippen LogP contribution in [0.15, 0.2) is 66.7 Å². The van der Waals surface area contributed by atoms with Gasteiger partial charge in [-0.3, -0.25) is 14.9 Å². The van der Waals surface area contributed by atoms with Gasteiger partial charge in [-0.25, -0.2) is 0 Å². The number of benzene rings is 3. The van der Waals surface area contributed by atoms with Crippen molar-refractivity contribution in [3.63, 3.8) is 0 Å². The number of hydrogen-bond donors (Lipinski definition) is 1. The highest BCUT2D eigenvalue weighted by Crippen LogP contribution is 2.26. The first-order valence-electron chi connectivity index (χ1n) is 7.74. The number of nitro benzene ring substituents is 1. The Morgan fingerprint density at radius 2 is 1.80 bits per heavy atom. The molecule has 3 rings (SSSR count). The molecule has 0 spiro atoms. The Morgan fingerprint density at radius 1 is 1.08 bits per heavy atom. The van der Waals surface area contributed by atoms with Crippen molar-refractivity contribution >= 4 is 28.1 Å². The monoisotopic (exact) mass is 336 g/mol. The van der Waals surface area contributed by atoms with Crippen LogP contribution in [0.1, 0.15) is 6.92 Å². The van der Waals surface area contributed by atoms with Gasteiger partial charge >= 0.3 is 0 Å². The number of ether oxygens (including phenoxy) is 1. The molecular weight excluding hydrogens is 320 g/mol. The Balaban J connectivity index is 1.74. The molecule has 3 aromatic carbocycles. The maximum absolute atomic E-state index is 12.3. The zero-order valence-electron chi connectivity index (χ0n) is 13.5. The summed E-state index contributed by atoms with van der Waals surface area (Å²) in [6.45, 7) is 1.63. The molecule has 0 saturated heterocycles. The fraction of sp³-hybridized carbons (Fsp3) is 0.105. The van der Waals surface area contributed by atoms with Gasteiger partial charge in [0, 0.05) is 23.2 Å². The molecule has 126 valence electrons. The number of nitrogens with zero attached hydrogens (tertiary/aromatic N) is 1. The minimum Gasteiger partial charge on any atom is -0.480 e. The van der Waals surface area contributed by atoms with E-state index in [0.717, 1.165) is 10.8 Å². The second-order valence-electron chi connectivity index (χ2n) is 5.53. The molecule has 3 aromatic rings. The molecule has 0 aliphatic heterocycles. The molecule has 1 amide bonds. The van der Waals surface area contributed by atoms with Crippen molar-refractivity contribution in [1.29, 1.82) is 0 Å². The van der Waals surface area contributed by atoms with Crippen LogP contribution in [-0.2, 0) is 4.79 Å². The highest BCUT2D eigenvalue weighted by Gasteiger charge is 2.17. The number of rotatable bonds is 5. The highest BCUT2D eigenvalue weighted by atomic mass is 16.6. The van der Waals surface area contributed by atoms with Gasteiger partial charge in [-0.05, 0) is 24.4 Å². The number of nitro groups is 1. The third-order valence-corrected chi connectivity index (χ3v) is 3.75. The quantitative estimate of drug-likeness (QED) is 0.560. The molecule has 1 N–H and O–H groups in total. The smallest absolute Gasteiger partial charge is 0.271 e. The lowest BCUT2D eigenvalue weighted by atomic mass is 10.1. The zero-order valence-corrected chi connectivity index (χ0v) is 13.5. The Bertz CT molecular complexity index is 934. The first kappa shape index (κ1) is 16.4. The van der Waals surface area contributed by atoms with E-state index in [0.29, 0.717) is 11.4 Å². The molecule has 25 heavy (non-hydrogen) atoms. The van der Waals surface area contributed by atoms with E-state index in [-0.39, 0.29) is 11.6 Å². The molecule has 1 unspecified atom stereocenters. The van der Waals surface area contributed by atoms with Crippen LogP contribution in [0.4, 0.5) is 11.4 Å². The molecule has 0 heterocycles. The number of anilines is 1. The Hall–Kier alpha value is -3.41. The average molecular weight is 336 g/mol. The number of hydrogen-bond acceptors (Lipinski definition) is 4. The zero-order chi connectivity index (χ0) is 17.8.